The average molecular weight is 494 g/mol. The lowest BCUT2D eigenvalue weighted by molar-refractivity contribution is 0.0784. The van der Waals surface area contributed by atoms with Crippen LogP contribution in [0.3, 0.4) is 0 Å². The van der Waals surface area contributed by atoms with E-state index in [1.54, 1.807) is 41.8 Å². The van der Waals surface area contributed by atoms with Crippen molar-refractivity contribution in [1.29, 1.82) is 0 Å². The van der Waals surface area contributed by atoms with Gasteiger partial charge in [0.1, 0.15) is 0 Å². The molecule has 0 aliphatic heterocycles. The zero-order valence-corrected chi connectivity index (χ0v) is 20.6. The third kappa shape index (κ3) is 5.05. The van der Waals surface area contributed by atoms with Gasteiger partial charge in [-0.25, -0.2) is 13.1 Å². The van der Waals surface area contributed by atoms with Crippen molar-refractivity contribution in [1.82, 2.24) is 14.7 Å². The normalized spacial score (nSPS) is 11.4. The van der Waals surface area contributed by atoms with E-state index >= 15 is 0 Å². The summed E-state index contributed by atoms with van der Waals surface area (Å²) in [5.74, 6) is -0.266. The summed E-state index contributed by atoms with van der Waals surface area (Å²) in [5, 5.41) is 5.41. The van der Waals surface area contributed by atoms with E-state index in [-0.39, 0.29) is 17.3 Å². The molecule has 0 bridgehead atoms. The highest BCUT2D eigenvalue weighted by Crippen LogP contribution is 2.27. The number of benzene rings is 3. The fourth-order valence-electron chi connectivity index (χ4n) is 3.68. The van der Waals surface area contributed by atoms with Crippen molar-refractivity contribution in [3.8, 4) is 16.9 Å². The van der Waals surface area contributed by atoms with Gasteiger partial charge < -0.3 is 4.90 Å². The maximum absolute atomic E-state index is 13.3. The molecular formula is C26H24ClN3O3S. The van der Waals surface area contributed by atoms with Gasteiger partial charge in [0, 0.05) is 47.8 Å². The molecule has 174 valence electrons. The van der Waals surface area contributed by atoms with Gasteiger partial charge in [-0.2, -0.15) is 5.10 Å². The van der Waals surface area contributed by atoms with Gasteiger partial charge in [-0.15, -0.1) is 0 Å². The Hall–Kier alpha value is -3.42. The summed E-state index contributed by atoms with van der Waals surface area (Å²) in [6, 6.07) is 21.7. The van der Waals surface area contributed by atoms with Gasteiger partial charge in [-0.3, -0.25) is 4.79 Å². The molecule has 0 spiro atoms. The van der Waals surface area contributed by atoms with Crippen molar-refractivity contribution in [3.63, 3.8) is 0 Å². The fourth-order valence-corrected chi connectivity index (χ4v) is 4.46. The number of carbonyl (C=O) groups excluding carboxylic acids is 1. The Balaban J connectivity index is 1.71. The number of para-hydroxylation sites is 1. The van der Waals surface area contributed by atoms with Gasteiger partial charge in [-0.1, -0.05) is 48.0 Å². The molecule has 0 fully saturated rings. The van der Waals surface area contributed by atoms with Crippen LogP contribution in [0.4, 0.5) is 0 Å². The lowest BCUT2D eigenvalue weighted by Gasteiger charge is -2.19. The van der Waals surface area contributed by atoms with E-state index in [1.807, 2.05) is 48.7 Å². The van der Waals surface area contributed by atoms with E-state index in [2.05, 4.69) is 0 Å². The monoisotopic (exact) mass is 493 g/mol. The fraction of sp³-hybridized carbons (Fsp3) is 0.154. The number of aromatic nitrogens is 2. The number of amides is 1. The number of nitrogens with zero attached hydrogens (tertiary/aromatic N) is 3. The number of hydrogen-bond acceptors (Lipinski definition) is 4. The quantitative estimate of drug-likeness (QED) is 0.371. The zero-order valence-electron chi connectivity index (χ0n) is 19.1. The molecule has 0 atom stereocenters. The first-order valence-corrected chi connectivity index (χ1v) is 12.9. The molecule has 1 amide bonds. The molecule has 1 heterocycles. The molecule has 0 aliphatic rings. The number of carbonyl (C=O) groups is 1. The summed E-state index contributed by atoms with van der Waals surface area (Å²) in [6.07, 6.45) is 3.04. The number of aryl methyl sites for hydroxylation is 1. The van der Waals surface area contributed by atoms with Crippen molar-refractivity contribution in [2.24, 2.45) is 0 Å². The summed E-state index contributed by atoms with van der Waals surface area (Å²) in [7, 11) is -1.73. The SMILES string of the molecule is Cc1ccc(S(C)(=O)=O)cc1C(=O)N(C)Cc1cn(-c2ccccc2)nc1-c1ccc(Cl)cc1. The molecular weight excluding hydrogens is 470 g/mol. The van der Waals surface area contributed by atoms with E-state index in [4.69, 9.17) is 16.7 Å². The molecule has 0 aliphatic carbocycles. The summed E-state index contributed by atoms with van der Waals surface area (Å²) in [5.41, 5.74) is 4.43. The molecule has 8 heteroatoms. The van der Waals surface area contributed by atoms with Crippen LogP contribution < -0.4 is 0 Å². The maximum Gasteiger partial charge on any atom is 0.254 e. The highest BCUT2D eigenvalue weighted by Gasteiger charge is 2.21. The first-order chi connectivity index (χ1) is 16.1. The van der Waals surface area contributed by atoms with Gasteiger partial charge in [0.15, 0.2) is 9.84 Å². The van der Waals surface area contributed by atoms with Crippen molar-refractivity contribution in [3.05, 3.63) is 101 Å². The van der Waals surface area contributed by atoms with E-state index in [9.17, 15) is 13.2 Å². The summed E-state index contributed by atoms with van der Waals surface area (Å²) >= 11 is 6.07. The predicted molar refractivity (Wildman–Crippen MR) is 134 cm³/mol. The van der Waals surface area contributed by atoms with Crippen LogP contribution in [-0.2, 0) is 16.4 Å². The van der Waals surface area contributed by atoms with Gasteiger partial charge in [0.25, 0.3) is 5.91 Å². The van der Waals surface area contributed by atoms with Gasteiger partial charge in [0.05, 0.1) is 16.3 Å². The molecule has 0 radical (unpaired) electrons. The largest absolute Gasteiger partial charge is 0.337 e. The van der Waals surface area contributed by atoms with E-state index in [0.717, 1.165) is 28.8 Å². The molecule has 0 saturated heterocycles. The van der Waals surface area contributed by atoms with Crippen LogP contribution in [0.1, 0.15) is 21.5 Å². The third-order valence-electron chi connectivity index (χ3n) is 5.55. The molecule has 4 rings (SSSR count). The van der Waals surface area contributed by atoms with Crippen LogP contribution in [0, 0.1) is 6.92 Å². The molecule has 34 heavy (non-hydrogen) atoms. The smallest absolute Gasteiger partial charge is 0.254 e. The Morgan fingerprint density at radius 3 is 2.35 bits per heavy atom. The Bertz CT molecular complexity index is 1450. The van der Waals surface area contributed by atoms with Crippen LogP contribution in [0.25, 0.3) is 16.9 Å². The number of halogens is 1. The first kappa shape index (κ1) is 23.7. The van der Waals surface area contributed by atoms with Crippen molar-refractivity contribution in [2.75, 3.05) is 13.3 Å². The Morgan fingerprint density at radius 1 is 1.03 bits per heavy atom. The van der Waals surface area contributed by atoms with Crippen LogP contribution in [0.15, 0.2) is 83.9 Å². The molecule has 0 unspecified atom stereocenters. The molecule has 3 aromatic carbocycles. The molecule has 6 nitrogen and oxygen atoms in total. The molecule has 0 N–H and O–H groups in total. The zero-order chi connectivity index (χ0) is 24.5. The van der Waals surface area contributed by atoms with Crippen molar-refractivity contribution in [2.45, 2.75) is 18.4 Å². The van der Waals surface area contributed by atoms with E-state index in [0.29, 0.717) is 16.1 Å². The topological polar surface area (TPSA) is 72.3 Å². The van der Waals surface area contributed by atoms with Crippen molar-refractivity contribution < 1.29 is 13.2 Å². The predicted octanol–water partition coefficient (Wildman–Crippen LogP) is 5.18. The van der Waals surface area contributed by atoms with Crippen LogP contribution in [0.5, 0.6) is 0 Å². The second kappa shape index (κ2) is 9.44. The lowest BCUT2D eigenvalue weighted by atomic mass is 10.1. The minimum atomic E-state index is -3.43. The number of hydrogen-bond donors (Lipinski definition) is 0. The Morgan fingerprint density at radius 2 is 1.71 bits per heavy atom. The molecule has 0 saturated carbocycles. The standard InChI is InChI=1S/C26H24ClN3O3S/c1-18-9-14-23(34(3,32)33)15-24(18)26(31)29(2)16-20-17-30(22-7-5-4-6-8-22)28-25(20)19-10-12-21(27)13-11-19/h4-15,17H,16H2,1-3H3. The van der Waals surface area contributed by atoms with Gasteiger partial charge in [0.2, 0.25) is 0 Å². The average Bonchev–Trinajstić information content (AvgIpc) is 3.23. The van der Waals surface area contributed by atoms with Gasteiger partial charge in [-0.05, 0) is 48.9 Å². The first-order valence-electron chi connectivity index (χ1n) is 10.6. The van der Waals surface area contributed by atoms with Crippen molar-refractivity contribution >= 4 is 27.3 Å². The maximum atomic E-state index is 13.3. The van der Waals surface area contributed by atoms with Crippen LogP contribution >= 0.6 is 11.6 Å². The summed E-state index contributed by atoms with van der Waals surface area (Å²) < 4.78 is 25.8. The van der Waals surface area contributed by atoms with E-state index in [1.165, 1.54) is 12.1 Å². The summed E-state index contributed by atoms with van der Waals surface area (Å²) in [4.78, 5) is 15.0. The minimum absolute atomic E-state index is 0.119. The minimum Gasteiger partial charge on any atom is -0.337 e. The van der Waals surface area contributed by atoms with Gasteiger partial charge >= 0.3 is 0 Å². The Labute approximate surface area is 204 Å². The van der Waals surface area contributed by atoms with E-state index < -0.39 is 9.84 Å². The number of sulfone groups is 1. The number of rotatable bonds is 6. The van der Waals surface area contributed by atoms with Crippen LogP contribution in [0.2, 0.25) is 5.02 Å². The van der Waals surface area contributed by atoms with Crippen LogP contribution in [-0.4, -0.2) is 42.3 Å². The Kier molecular flexibility index (Phi) is 6.59. The third-order valence-corrected chi connectivity index (χ3v) is 6.91. The summed E-state index contributed by atoms with van der Waals surface area (Å²) in [6.45, 7) is 2.08. The highest BCUT2D eigenvalue weighted by molar-refractivity contribution is 7.90. The molecule has 4 aromatic rings. The highest BCUT2D eigenvalue weighted by atomic mass is 35.5. The lowest BCUT2D eigenvalue weighted by Crippen LogP contribution is -2.27. The second-order valence-corrected chi connectivity index (χ2v) is 10.7. The molecule has 1 aromatic heterocycles. The second-order valence-electron chi connectivity index (χ2n) is 8.20.